The van der Waals surface area contributed by atoms with E-state index < -0.39 is 0 Å². The van der Waals surface area contributed by atoms with Gasteiger partial charge in [-0.3, -0.25) is 0 Å². The predicted octanol–water partition coefficient (Wildman–Crippen LogP) is 3.27. The van der Waals surface area contributed by atoms with Crippen LogP contribution in [0.15, 0.2) is 22.7 Å². The highest BCUT2D eigenvalue weighted by Gasteiger charge is 2.25. The van der Waals surface area contributed by atoms with E-state index in [1.54, 1.807) is 25.3 Å². The van der Waals surface area contributed by atoms with Gasteiger partial charge in [-0.1, -0.05) is 16.8 Å². The van der Waals surface area contributed by atoms with Gasteiger partial charge in [-0.05, 0) is 31.0 Å². The molecule has 0 unspecified atom stereocenters. The molecule has 118 valence electrons. The first kappa shape index (κ1) is 15.3. The lowest BCUT2D eigenvalue weighted by atomic mass is 10.2. The molecule has 2 aromatic rings. The van der Waals surface area contributed by atoms with Gasteiger partial charge in [0.1, 0.15) is 18.5 Å². The second kappa shape index (κ2) is 7.09. The molecule has 0 radical (unpaired) electrons. The van der Waals surface area contributed by atoms with Crippen molar-refractivity contribution in [2.24, 2.45) is 0 Å². The van der Waals surface area contributed by atoms with Gasteiger partial charge in [0.15, 0.2) is 0 Å². The molecule has 2 heterocycles. The molecular weight excluding hydrogens is 308 g/mol. The van der Waals surface area contributed by atoms with Gasteiger partial charge in [0.05, 0.1) is 12.2 Å². The summed E-state index contributed by atoms with van der Waals surface area (Å²) in [6.07, 6.45) is 1.79. The highest BCUT2D eigenvalue weighted by molar-refractivity contribution is 6.30. The van der Waals surface area contributed by atoms with Crippen LogP contribution in [0.25, 0.3) is 11.4 Å². The van der Waals surface area contributed by atoms with Crippen molar-refractivity contribution in [2.75, 3.05) is 26.9 Å². The Balaban J connectivity index is 1.84. The molecule has 3 rings (SSSR count). The summed E-state index contributed by atoms with van der Waals surface area (Å²) in [7, 11) is 1.62. The minimum atomic E-state index is -0.113. The van der Waals surface area contributed by atoms with Crippen LogP contribution in [0.2, 0.25) is 5.02 Å². The standard InChI is InChI=1S/C15H17ClN2O4/c1-19-7-8-21-12-5-4-10(16)9-11(12)14-17-15(22-18-14)13-3-2-6-20-13/h4-5,9,13H,2-3,6-8H2,1H3/t13-/m0/s1. The molecule has 0 saturated carbocycles. The highest BCUT2D eigenvalue weighted by atomic mass is 35.5. The van der Waals surface area contributed by atoms with Crippen LogP contribution >= 0.6 is 11.6 Å². The van der Waals surface area contributed by atoms with E-state index in [2.05, 4.69) is 10.1 Å². The minimum absolute atomic E-state index is 0.113. The van der Waals surface area contributed by atoms with Crippen LogP contribution in [0.5, 0.6) is 5.75 Å². The van der Waals surface area contributed by atoms with Crippen LogP contribution in [0, 0.1) is 0 Å². The third-order valence-corrected chi connectivity index (χ3v) is 3.61. The van der Waals surface area contributed by atoms with E-state index >= 15 is 0 Å². The third kappa shape index (κ3) is 3.40. The van der Waals surface area contributed by atoms with Crippen molar-refractivity contribution in [1.82, 2.24) is 10.1 Å². The lowest BCUT2D eigenvalue weighted by Crippen LogP contribution is -2.05. The quantitative estimate of drug-likeness (QED) is 0.760. The van der Waals surface area contributed by atoms with Crippen molar-refractivity contribution in [2.45, 2.75) is 18.9 Å². The molecule has 0 N–H and O–H groups in total. The Morgan fingerprint density at radius 2 is 2.27 bits per heavy atom. The summed E-state index contributed by atoms with van der Waals surface area (Å²) in [4.78, 5) is 4.42. The molecule has 0 spiro atoms. The molecule has 7 heteroatoms. The summed E-state index contributed by atoms with van der Waals surface area (Å²) in [6, 6.07) is 5.30. The maximum atomic E-state index is 6.07. The average Bonchev–Trinajstić information content (AvgIpc) is 3.20. The zero-order valence-corrected chi connectivity index (χ0v) is 13.0. The number of ether oxygens (including phenoxy) is 3. The molecule has 1 aromatic heterocycles. The highest BCUT2D eigenvalue weighted by Crippen LogP contribution is 2.33. The predicted molar refractivity (Wildman–Crippen MR) is 80.0 cm³/mol. The van der Waals surface area contributed by atoms with Crippen molar-refractivity contribution in [3.05, 3.63) is 29.1 Å². The summed E-state index contributed by atoms with van der Waals surface area (Å²) in [5, 5.41) is 4.61. The van der Waals surface area contributed by atoms with Gasteiger partial charge >= 0.3 is 0 Å². The van der Waals surface area contributed by atoms with E-state index in [1.807, 2.05) is 0 Å². The summed E-state index contributed by atoms with van der Waals surface area (Å²) in [6.45, 7) is 1.65. The molecule has 6 nitrogen and oxygen atoms in total. The van der Waals surface area contributed by atoms with E-state index in [0.29, 0.717) is 41.3 Å². The molecule has 1 aromatic carbocycles. The van der Waals surface area contributed by atoms with Gasteiger partial charge in [-0.25, -0.2) is 0 Å². The largest absolute Gasteiger partial charge is 0.490 e. The Hall–Kier alpha value is -1.63. The third-order valence-electron chi connectivity index (χ3n) is 3.37. The molecule has 1 aliphatic rings. The zero-order chi connectivity index (χ0) is 15.4. The lowest BCUT2D eigenvalue weighted by molar-refractivity contribution is 0.0835. The topological polar surface area (TPSA) is 66.6 Å². The number of halogens is 1. The Labute approximate surface area is 133 Å². The summed E-state index contributed by atoms with van der Waals surface area (Å²) in [5.74, 6) is 1.58. The second-order valence-electron chi connectivity index (χ2n) is 4.94. The number of nitrogens with zero attached hydrogens (tertiary/aromatic N) is 2. The van der Waals surface area contributed by atoms with Crippen molar-refractivity contribution < 1.29 is 18.7 Å². The second-order valence-corrected chi connectivity index (χ2v) is 5.38. The number of benzene rings is 1. The summed E-state index contributed by atoms with van der Waals surface area (Å²) in [5.41, 5.74) is 0.691. The first-order chi connectivity index (χ1) is 10.8. The van der Waals surface area contributed by atoms with Crippen LogP contribution in [-0.2, 0) is 9.47 Å². The Bertz CT molecular complexity index is 626. The Morgan fingerprint density at radius 1 is 1.36 bits per heavy atom. The zero-order valence-electron chi connectivity index (χ0n) is 12.3. The fourth-order valence-corrected chi connectivity index (χ4v) is 2.46. The number of methoxy groups -OCH3 is 1. The van der Waals surface area contributed by atoms with Gasteiger partial charge in [-0.15, -0.1) is 0 Å². The Morgan fingerprint density at radius 3 is 3.05 bits per heavy atom. The van der Waals surface area contributed by atoms with E-state index in [9.17, 15) is 0 Å². The van der Waals surface area contributed by atoms with Crippen LogP contribution in [0.3, 0.4) is 0 Å². The van der Waals surface area contributed by atoms with Crippen LogP contribution in [0.1, 0.15) is 24.8 Å². The fourth-order valence-electron chi connectivity index (χ4n) is 2.29. The SMILES string of the molecule is COCCOc1ccc(Cl)cc1-c1noc([C@@H]2CCCO2)n1. The molecule has 1 aliphatic heterocycles. The van der Waals surface area contributed by atoms with Crippen molar-refractivity contribution in [3.8, 4) is 17.1 Å². The number of aromatic nitrogens is 2. The van der Waals surface area contributed by atoms with Crippen molar-refractivity contribution >= 4 is 11.6 Å². The smallest absolute Gasteiger partial charge is 0.256 e. The number of hydrogen-bond acceptors (Lipinski definition) is 6. The van der Waals surface area contributed by atoms with E-state index in [-0.39, 0.29) is 6.10 Å². The molecule has 1 saturated heterocycles. The van der Waals surface area contributed by atoms with Crippen LogP contribution in [0.4, 0.5) is 0 Å². The molecular formula is C15H17ClN2O4. The van der Waals surface area contributed by atoms with Crippen molar-refractivity contribution in [3.63, 3.8) is 0 Å². The van der Waals surface area contributed by atoms with E-state index in [0.717, 1.165) is 19.4 Å². The average molecular weight is 325 g/mol. The van der Waals surface area contributed by atoms with Gasteiger partial charge in [0.2, 0.25) is 5.82 Å². The van der Waals surface area contributed by atoms with Crippen LogP contribution < -0.4 is 4.74 Å². The molecule has 1 atom stereocenters. The van der Waals surface area contributed by atoms with Gasteiger partial charge in [0, 0.05) is 18.7 Å². The van der Waals surface area contributed by atoms with Gasteiger partial charge in [0.25, 0.3) is 5.89 Å². The molecule has 0 aliphatic carbocycles. The molecule has 1 fully saturated rings. The number of rotatable bonds is 6. The first-order valence-electron chi connectivity index (χ1n) is 7.15. The summed E-state index contributed by atoms with van der Waals surface area (Å²) >= 11 is 6.07. The maximum absolute atomic E-state index is 6.07. The van der Waals surface area contributed by atoms with Gasteiger partial charge < -0.3 is 18.7 Å². The Kier molecular flexibility index (Phi) is 4.92. The summed E-state index contributed by atoms with van der Waals surface area (Å²) < 4.78 is 21.5. The number of hydrogen-bond donors (Lipinski definition) is 0. The normalized spacial score (nSPS) is 17.8. The van der Waals surface area contributed by atoms with Gasteiger partial charge in [-0.2, -0.15) is 4.98 Å². The molecule has 22 heavy (non-hydrogen) atoms. The minimum Gasteiger partial charge on any atom is -0.490 e. The first-order valence-corrected chi connectivity index (χ1v) is 7.52. The molecule has 0 bridgehead atoms. The fraction of sp³-hybridized carbons (Fsp3) is 0.467. The maximum Gasteiger partial charge on any atom is 0.256 e. The molecule has 0 amide bonds. The van der Waals surface area contributed by atoms with Crippen LogP contribution in [-0.4, -0.2) is 37.1 Å². The van der Waals surface area contributed by atoms with E-state index in [4.69, 9.17) is 30.3 Å². The van der Waals surface area contributed by atoms with E-state index in [1.165, 1.54) is 0 Å². The lowest BCUT2D eigenvalue weighted by Gasteiger charge is -2.09. The monoisotopic (exact) mass is 324 g/mol. The van der Waals surface area contributed by atoms with Crippen molar-refractivity contribution in [1.29, 1.82) is 0 Å².